The first-order valence-corrected chi connectivity index (χ1v) is 13.4. The number of carbonyl (C=O) groups excluding carboxylic acids is 1. The van der Waals surface area contributed by atoms with Gasteiger partial charge in [0.05, 0.1) is 17.3 Å². The van der Waals surface area contributed by atoms with Crippen LogP contribution in [0, 0.1) is 24.6 Å². The van der Waals surface area contributed by atoms with Crippen LogP contribution in [-0.4, -0.2) is 24.2 Å². The van der Waals surface area contributed by atoms with Crippen molar-refractivity contribution in [2.75, 3.05) is 17.2 Å². The molecule has 0 saturated heterocycles. The van der Waals surface area contributed by atoms with Crippen LogP contribution in [-0.2, 0) is 4.79 Å². The highest BCUT2D eigenvalue weighted by molar-refractivity contribution is 5.86. The van der Waals surface area contributed by atoms with Gasteiger partial charge in [-0.15, -0.1) is 0 Å². The molecule has 0 bridgehead atoms. The summed E-state index contributed by atoms with van der Waals surface area (Å²) >= 11 is 0. The highest BCUT2D eigenvalue weighted by Crippen LogP contribution is 2.44. The van der Waals surface area contributed by atoms with Crippen LogP contribution in [0.2, 0.25) is 0 Å². The molecule has 35 heavy (non-hydrogen) atoms. The predicted molar refractivity (Wildman–Crippen MR) is 138 cm³/mol. The van der Waals surface area contributed by atoms with Crippen LogP contribution in [0.1, 0.15) is 69.8 Å². The Hall–Kier alpha value is -2.76. The van der Waals surface area contributed by atoms with Crippen molar-refractivity contribution in [1.29, 1.82) is 0 Å². The van der Waals surface area contributed by atoms with Gasteiger partial charge >= 0.3 is 0 Å². The number of hydrogen-bond donors (Lipinski definition) is 3. The Bertz CT molecular complexity index is 1020. The molecule has 5 nitrogen and oxygen atoms in total. The maximum atomic E-state index is 14.1. The Morgan fingerprint density at radius 1 is 0.971 bits per heavy atom. The van der Waals surface area contributed by atoms with Crippen molar-refractivity contribution in [2.45, 2.75) is 82.8 Å². The number of ether oxygens (including phenoxy) is 1. The molecule has 188 valence electrons. The smallest absolute Gasteiger partial charge is 0.228 e. The summed E-state index contributed by atoms with van der Waals surface area (Å²) in [6.07, 6.45) is 11.2. The van der Waals surface area contributed by atoms with Crippen molar-refractivity contribution in [1.82, 2.24) is 5.32 Å². The molecule has 2 unspecified atom stereocenters. The van der Waals surface area contributed by atoms with Crippen molar-refractivity contribution in [3.63, 3.8) is 0 Å². The first-order valence-electron chi connectivity index (χ1n) is 13.4. The average molecular weight is 480 g/mol. The number of rotatable bonds is 7. The molecular weight excluding hydrogens is 441 g/mol. The van der Waals surface area contributed by atoms with E-state index in [9.17, 15) is 9.18 Å². The number of carbonyl (C=O) groups is 1. The van der Waals surface area contributed by atoms with E-state index in [0.29, 0.717) is 5.69 Å². The molecule has 2 saturated carbocycles. The molecule has 3 aliphatic rings. The topological polar surface area (TPSA) is 62.4 Å². The van der Waals surface area contributed by atoms with E-state index in [1.165, 1.54) is 43.4 Å². The molecule has 2 atom stereocenters. The van der Waals surface area contributed by atoms with Gasteiger partial charge in [0.15, 0.2) is 5.66 Å². The van der Waals surface area contributed by atoms with E-state index >= 15 is 0 Å². The third kappa shape index (κ3) is 5.41. The number of nitrogens with one attached hydrogen (secondary N) is 3. The lowest BCUT2D eigenvalue weighted by atomic mass is 9.73. The lowest BCUT2D eigenvalue weighted by Crippen LogP contribution is -2.61. The zero-order valence-electron chi connectivity index (χ0n) is 20.7. The van der Waals surface area contributed by atoms with Crippen LogP contribution in [0.3, 0.4) is 0 Å². The van der Waals surface area contributed by atoms with Gasteiger partial charge in [0, 0.05) is 6.04 Å². The summed E-state index contributed by atoms with van der Waals surface area (Å²) < 4.78 is 20.5. The zero-order valence-corrected chi connectivity index (χ0v) is 20.7. The standard InChI is InChI=1S/C29H38FN3O2/c1-20-12-15-24(16-13-20)35-19-29(32-25-17-14-22(30)18-26(25)33-29)27(21-8-4-2-5-9-21)28(34)31-23-10-6-3-7-11-23/h12-18,21,23,27,32-33H,2-11,19H2,1H3,(H,31,34). The minimum Gasteiger partial charge on any atom is -0.489 e. The number of benzene rings is 2. The van der Waals surface area contributed by atoms with E-state index < -0.39 is 5.66 Å². The van der Waals surface area contributed by atoms with Crippen molar-refractivity contribution in [3.05, 3.63) is 53.8 Å². The Morgan fingerprint density at radius 3 is 2.34 bits per heavy atom. The molecule has 1 aliphatic heterocycles. The third-order valence-corrected chi connectivity index (χ3v) is 8.07. The van der Waals surface area contributed by atoms with Crippen molar-refractivity contribution in [3.8, 4) is 5.75 Å². The second-order valence-electron chi connectivity index (χ2n) is 10.7. The van der Waals surface area contributed by atoms with E-state index in [4.69, 9.17) is 4.74 Å². The minimum atomic E-state index is -0.859. The second kappa shape index (κ2) is 10.5. The average Bonchev–Trinajstić information content (AvgIpc) is 3.23. The minimum absolute atomic E-state index is 0.0876. The fourth-order valence-corrected chi connectivity index (χ4v) is 6.24. The monoisotopic (exact) mass is 479 g/mol. The largest absolute Gasteiger partial charge is 0.489 e. The molecular formula is C29H38FN3O2. The van der Waals surface area contributed by atoms with Crippen LogP contribution in [0.25, 0.3) is 0 Å². The third-order valence-electron chi connectivity index (χ3n) is 8.07. The first kappa shape index (κ1) is 24.0. The molecule has 6 heteroatoms. The van der Waals surface area contributed by atoms with Crippen LogP contribution in [0.15, 0.2) is 42.5 Å². The summed E-state index contributed by atoms with van der Waals surface area (Å²) in [5.74, 6) is 0.438. The number of fused-ring (bicyclic) bond motifs is 1. The molecule has 2 fully saturated rings. The van der Waals surface area contributed by atoms with Gasteiger partial charge < -0.3 is 20.7 Å². The van der Waals surface area contributed by atoms with E-state index in [2.05, 4.69) is 16.0 Å². The molecule has 0 aromatic heterocycles. The van der Waals surface area contributed by atoms with Gasteiger partial charge in [0.2, 0.25) is 5.91 Å². The van der Waals surface area contributed by atoms with Gasteiger partial charge in [-0.05, 0) is 68.9 Å². The number of aryl methyl sites for hydroxylation is 1. The van der Waals surface area contributed by atoms with Crippen molar-refractivity contribution in [2.24, 2.45) is 11.8 Å². The van der Waals surface area contributed by atoms with Crippen LogP contribution >= 0.6 is 0 Å². The van der Waals surface area contributed by atoms with Crippen LogP contribution in [0.5, 0.6) is 5.75 Å². The SMILES string of the molecule is Cc1ccc(OCC2(C(C(=O)NC3CCCCC3)C3CCCCC3)Nc3ccc(F)cc3N2)cc1. The first-order chi connectivity index (χ1) is 17.0. The number of anilines is 2. The predicted octanol–water partition coefficient (Wildman–Crippen LogP) is 6.39. The fraction of sp³-hybridized carbons (Fsp3) is 0.552. The highest BCUT2D eigenvalue weighted by Gasteiger charge is 2.51. The maximum Gasteiger partial charge on any atom is 0.228 e. The number of halogens is 1. The summed E-state index contributed by atoms with van der Waals surface area (Å²) in [6.45, 7) is 2.30. The molecule has 1 amide bonds. The molecule has 1 heterocycles. The van der Waals surface area contributed by atoms with Crippen molar-refractivity contribution >= 4 is 17.3 Å². The molecule has 2 aromatic carbocycles. The van der Waals surface area contributed by atoms with Crippen molar-refractivity contribution < 1.29 is 13.9 Å². The van der Waals surface area contributed by atoms with Gasteiger partial charge in [-0.1, -0.05) is 56.2 Å². The Morgan fingerprint density at radius 2 is 1.63 bits per heavy atom. The summed E-state index contributed by atoms with van der Waals surface area (Å²) in [5, 5.41) is 10.6. The fourth-order valence-electron chi connectivity index (χ4n) is 6.24. The number of amides is 1. The van der Waals surface area contributed by atoms with E-state index in [1.807, 2.05) is 31.2 Å². The van der Waals surface area contributed by atoms with Crippen LogP contribution < -0.4 is 20.7 Å². The van der Waals surface area contributed by atoms with Gasteiger partial charge in [-0.2, -0.15) is 0 Å². The zero-order chi connectivity index (χ0) is 24.3. The van der Waals surface area contributed by atoms with Gasteiger partial charge in [0.1, 0.15) is 18.2 Å². The lowest BCUT2D eigenvalue weighted by Gasteiger charge is -2.43. The van der Waals surface area contributed by atoms with E-state index in [1.54, 1.807) is 6.07 Å². The van der Waals surface area contributed by atoms with Gasteiger partial charge in [0.25, 0.3) is 0 Å². The summed E-state index contributed by atoms with van der Waals surface area (Å²) in [6, 6.07) is 12.9. The lowest BCUT2D eigenvalue weighted by molar-refractivity contribution is -0.130. The molecule has 5 rings (SSSR count). The Kier molecular flexibility index (Phi) is 7.17. The summed E-state index contributed by atoms with van der Waals surface area (Å²) in [5.41, 5.74) is 1.80. The Labute approximate surface area is 208 Å². The quantitative estimate of drug-likeness (QED) is 0.430. The molecule has 0 spiro atoms. The van der Waals surface area contributed by atoms with Crippen LogP contribution in [0.4, 0.5) is 15.8 Å². The normalized spacial score (nSPS) is 23.6. The molecule has 2 aromatic rings. The molecule has 2 aliphatic carbocycles. The summed E-state index contributed by atoms with van der Waals surface area (Å²) in [4.78, 5) is 14.1. The summed E-state index contributed by atoms with van der Waals surface area (Å²) in [7, 11) is 0. The van der Waals surface area contributed by atoms with Gasteiger partial charge in [-0.25, -0.2) is 4.39 Å². The Balaban J connectivity index is 1.47. The molecule has 3 N–H and O–H groups in total. The van der Waals surface area contributed by atoms with E-state index in [-0.39, 0.29) is 36.2 Å². The molecule has 0 radical (unpaired) electrons. The maximum absolute atomic E-state index is 14.1. The number of hydrogen-bond acceptors (Lipinski definition) is 4. The highest BCUT2D eigenvalue weighted by atomic mass is 19.1. The van der Waals surface area contributed by atoms with E-state index in [0.717, 1.165) is 50.0 Å². The van der Waals surface area contributed by atoms with Gasteiger partial charge in [-0.3, -0.25) is 4.79 Å². The second-order valence-corrected chi connectivity index (χ2v) is 10.7.